The molecule has 1 N–H and O–H groups in total. The smallest absolute Gasteiger partial charge is 0.133 e. The fourth-order valence-corrected chi connectivity index (χ4v) is 7.64. The Morgan fingerprint density at radius 2 is 1.52 bits per heavy atom. The molecule has 0 aromatic rings. The molecule has 7 atom stereocenters. The lowest BCUT2D eigenvalue weighted by molar-refractivity contribution is -0.175. The predicted molar refractivity (Wildman–Crippen MR) is 92.0 cm³/mol. The molecule has 4 fully saturated rings. The highest BCUT2D eigenvalue weighted by atomic mass is 16.3. The van der Waals surface area contributed by atoms with Gasteiger partial charge < -0.3 is 5.11 Å². The lowest BCUT2D eigenvalue weighted by Crippen LogP contribution is -2.59. The molecular weight excluding hydrogens is 284 g/mol. The Morgan fingerprint density at radius 1 is 0.870 bits per heavy atom. The van der Waals surface area contributed by atoms with Crippen LogP contribution < -0.4 is 0 Å². The summed E-state index contributed by atoms with van der Waals surface area (Å²) < 4.78 is 0. The van der Waals surface area contributed by atoms with Crippen LogP contribution in [0.5, 0.6) is 0 Å². The molecule has 0 amide bonds. The number of hydrogen-bond acceptors (Lipinski definition) is 2. The van der Waals surface area contributed by atoms with E-state index in [2.05, 4.69) is 27.7 Å². The zero-order valence-corrected chi connectivity index (χ0v) is 15.5. The summed E-state index contributed by atoms with van der Waals surface area (Å²) in [6.45, 7) is 9.35. The van der Waals surface area contributed by atoms with Crippen molar-refractivity contribution in [3.8, 4) is 0 Å². The van der Waals surface area contributed by atoms with Gasteiger partial charge in [-0.3, -0.25) is 4.79 Å². The summed E-state index contributed by atoms with van der Waals surface area (Å²) in [6, 6.07) is 0. The quantitative estimate of drug-likeness (QED) is 0.700. The van der Waals surface area contributed by atoms with Gasteiger partial charge in [0.1, 0.15) is 5.78 Å². The van der Waals surface area contributed by atoms with E-state index < -0.39 is 5.60 Å². The van der Waals surface area contributed by atoms with Crippen LogP contribution in [0.2, 0.25) is 0 Å². The van der Waals surface area contributed by atoms with E-state index in [1.54, 1.807) is 0 Å². The normalized spacial score (nSPS) is 59.2. The predicted octanol–water partition coefficient (Wildman–Crippen LogP) is 4.74. The molecule has 4 rings (SSSR count). The molecule has 23 heavy (non-hydrogen) atoms. The Morgan fingerprint density at radius 3 is 2.26 bits per heavy atom. The molecule has 0 heterocycles. The monoisotopic (exact) mass is 318 g/mol. The van der Waals surface area contributed by atoms with Crippen LogP contribution in [0.3, 0.4) is 0 Å². The maximum Gasteiger partial charge on any atom is 0.133 e. The lowest BCUT2D eigenvalue weighted by atomic mass is 9.40. The lowest BCUT2D eigenvalue weighted by Gasteiger charge is -2.64. The fourth-order valence-electron chi connectivity index (χ4n) is 7.64. The molecule has 0 aromatic carbocycles. The van der Waals surface area contributed by atoms with Crippen molar-refractivity contribution >= 4 is 5.78 Å². The second-order valence-corrected chi connectivity index (χ2v) is 10.4. The van der Waals surface area contributed by atoms with Gasteiger partial charge in [0.15, 0.2) is 0 Å². The van der Waals surface area contributed by atoms with Crippen LogP contribution in [0.25, 0.3) is 0 Å². The van der Waals surface area contributed by atoms with Crippen molar-refractivity contribution in [1.29, 1.82) is 0 Å². The molecule has 4 aliphatic rings. The number of ketones is 1. The van der Waals surface area contributed by atoms with Gasteiger partial charge in [0.25, 0.3) is 0 Å². The number of Topliss-reactive ketones (excluding diaryl/α,β-unsaturated/α-hetero) is 1. The summed E-state index contributed by atoms with van der Waals surface area (Å²) in [5.41, 5.74) is 0.188. The van der Waals surface area contributed by atoms with Gasteiger partial charge in [-0.15, -0.1) is 0 Å². The number of hydrogen-bond donors (Lipinski definition) is 1. The van der Waals surface area contributed by atoms with Crippen LogP contribution >= 0.6 is 0 Å². The Hall–Kier alpha value is -0.370. The molecule has 0 saturated heterocycles. The third-order valence-electron chi connectivity index (χ3n) is 9.74. The van der Waals surface area contributed by atoms with Crippen LogP contribution in [0.15, 0.2) is 0 Å². The van der Waals surface area contributed by atoms with Crippen molar-refractivity contribution in [3.63, 3.8) is 0 Å². The zero-order valence-electron chi connectivity index (χ0n) is 15.5. The minimum absolute atomic E-state index is 0.114. The van der Waals surface area contributed by atoms with Crippen molar-refractivity contribution in [2.45, 2.75) is 91.1 Å². The number of aliphatic hydroxyl groups is 1. The van der Waals surface area contributed by atoms with Crippen LogP contribution in [-0.4, -0.2) is 16.5 Å². The topological polar surface area (TPSA) is 37.3 Å². The maximum atomic E-state index is 12.1. The molecule has 130 valence electrons. The van der Waals surface area contributed by atoms with Crippen molar-refractivity contribution in [2.24, 2.45) is 34.0 Å². The molecule has 4 saturated carbocycles. The average molecular weight is 319 g/mol. The first kappa shape index (κ1) is 16.1. The van der Waals surface area contributed by atoms with E-state index in [0.717, 1.165) is 37.5 Å². The fraction of sp³-hybridized carbons (Fsp3) is 0.952. The van der Waals surface area contributed by atoms with E-state index in [9.17, 15) is 9.90 Å². The largest absolute Gasteiger partial charge is 0.390 e. The molecule has 4 aliphatic carbocycles. The second-order valence-electron chi connectivity index (χ2n) is 10.4. The molecule has 2 heteroatoms. The second kappa shape index (κ2) is 4.62. The van der Waals surface area contributed by atoms with E-state index in [4.69, 9.17) is 0 Å². The molecular formula is C21H34O2. The first-order valence-electron chi connectivity index (χ1n) is 9.87. The number of fused-ring (bicyclic) bond motifs is 5. The number of carbonyl (C=O) groups excluding carboxylic acids is 1. The van der Waals surface area contributed by atoms with Gasteiger partial charge in [0.2, 0.25) is 0 Å². The number of carbonyl (C=O) groups is 1. The summed E-state index contributed by atoms with van der Waals surface area (Å²) in [5, 5.41) is 11.0. The number of rotatable bonds is 0. The van der Waals surface area contributed by atoms with E-state index in [0.29, 0.717) is 17.1 Å². The van der Waals surface area contributed by atoms with Crippen LogP contribution in [0.4, 0.5) is 0 Å². The van der Waals surface area contributed by atoms with Gasteiger partial charge in [-0.2, -0.15) is 0 Å². The Labute approximate surface area is 141 Å². The highest BCUT2D eigenvalue weighted by molar-refractivity contribution is 5.80. The van der Waals surface area contributed by atoms with Crippen LogP contribution in [-0.2, 0) is 4.79 Å². The molecule has 0 aromatic heterocycles. The van der Waals surface area contributed by atoms with Crippen molar-refractivity contribution in [1.82, 2.24) is 0 Å². The van der Waals surface area contributed by atoms with Gasteiger partial charge in [-0.25, -0.2) is 0 Å². The first-order chi connectivity index (χ1) is 10.6. The van der Waals surface area contributed by atoms with Gasteiger partial charge >= 0.3 is 0 Å². The third kappa shape index (κ3) is 1.88. The van der Waals surface area contributed by atoms with Crippen LogP contribution in [0, 0.1) is 34.0 Å². The van der Waals surface area contributed by atoms with Gasteiger partial charge in [-0.05, 0) is 85.9 Å². The van der Waals surface area contributed by atoms with E-state index in [1.807, 2.05) is 0 Å². The summed E-state index contributed by atoms with van der Waals surface area (Å²) in [6.07, 6.45) is 9.82. The van der Waals surface area contributed by atoms with Crippen molar-refractivity contribution in [2.75, 3.05) is 0 Å². The van der Waals surface area contributed by atoms with Crippen molar-refractivity contribution < 1.29 is 9.90 Å². The highest BCUT2D eigenvalue weighted by Gasteiger charge is 2.65. The van der Waals surface area contributed by atoms with E-state index in [-0.39, 0.29) is 10.8 Å². The van der Waals surface area contributed by atoms with E-state index >= 15 is 0 Å². The first-order valence-corrected chi connectivity index (χ1v) is 9.87. The summed E-state index contributed by atoms with van der Waals surface area (Å²) >= 11 is 0. The third-order valence-corrected chi connectivity index (χ3v) is 9.74. The zero-order chi connectivity index (χ0) is 16.7. The Kier molecular flexibility index (Phi) is 3.24. The molecule has 0 aliphatic heterocycles. The highest BCUT2D eigenvalue weighted by Crippen LogP contribution is 2.70. The molecule has 2 nitrogen and oxygen atoms in total. The minimum atomic E-state index is -0.479. The van der Waals surface area contributed by atoms with Gasteiger partial charge in [-0.1, -0.05) is 20.8 Å². The average Bonchev–Trinajstić information content (AvgIpc) is 2.71. The van der Waals surface area contributed by atoms with Gasteiger partial charge in [0.05, 0.1) is 5.60 Å². The summed E-state index contributed by atoms with van der Waals surface area (Å²) in [4.78, 5) is 12.1. The minimum Gasteiger partial charge on any atom is -0.390 e. The molecule has 0 unspecified atom stereocenters. The molecule has 0 radical (unpaired) electrons. The summed E-state index contributed by atoms with van der Waals surface area (Å²) in [5.74, 6) is 2.72. The summed E-state index contributed by atoms with van der Waals surface area (Å²) in [7, 11) is 0. The standard InChI is InChI=1S/C21H34O2/c1-18-9-6-15-16(19(18,2)10-5-14(22)13-18)7-11-20(3)17(15)8-12-21(20,4)23/h15-17,23H,5-13H2,1-4H3/t15-,16+,17+,18+,19-,20+,21+/m1/s1. The molecule has 0 bridgehead atoms. The maximum absolute atomic E-state index is 12.1. The van der Waals surface area contributed by atoms with Crippen LogP contribution in [0.1, 0.15) is 85.5 Å². The molecule has 0 spiro atoms. The Bertz CT molecular complexity index is 538. The van der Waals surface area contributed by atoms with E-state index in [1.165, 1.54) is 32.1 Å². The Balaban J connectivity index is 1.69. The SMILES string of the molecule is C[C@@]12CC[C@H]3[C@@H]4CC[C@](C)(O)[C@@]4(C)CC[C@@H]3[C@@]1(C)CCC(=O)C2. The van der Waals surface area contributed by atoms with Gasteiger partial charge in [0, 0.05) is 12.8 Å². The van der Waals surface area contributed by atoms with Crippen molar-refractivity contribution in [3.05, 3.63) is 0 Å².